The predicted octanol–water partition coefficient (Wildman–Crippen LogP) is 1.56. The minimum atomic E-state index is 0.262. The quantitative estimate of drug-likeness (QED) is 0.681. The van der Waals surface area contributed by atoms with Crippen molar-refractivity contribution in [1.82, 2.24) is 20.4 Å². The number of anilines is 2. The first-order valence-electron chi connectivity index (χ1n) is 5.77. The van der Waals surface area contributed by atoms with Crippen LogP contribution in [0.4, 0.5) is 11.6 Å². The minimum Gasteiger partial charge on any atom is -0.382 e. The van der Waals surface area contributed by atoms with Crippen molar-refractivity contribution in [2.45, 2.75) is 6.92 Å². The van der Waals surface area contributed by atoms with Crippen LogP contribution in [0.3, 0.4) is 0 Å². The SMILES string of the molecule is Cc1ccc(-c2nnc(N)c3c(N)nncc23)cc1. The number of aromatic nitrogens is 4. The van der Waals surface area contributed by atoms with E-state index in [0.717, 1.165) is 10.9 Å². The van der Waals surface area contributed by atoms with Gasteiger partial charge in [-0.3, -0.25) is 0 Å². The summed E-state index contributed by atoms with van der Waals surface area (Å²) in [6.45, 7) is 2.03. The maximum absolute atomic E-state index is 5.81. The number of hydrogen-bond donors (Lipinski definition) is 2. The van der Waals surface area contributed by atoms with Crippen LogP contribution in [0.2, 0.25) is 0 Å². The smallest absolute Gasteiger partial charge is 0.157 e. The highest BCUT2D eigenvalue weighted by atomic mass is 15.2. The molecule has 1 aromatic carbocycles. The van der Waals surface area contributed by atoms with Crippen molar-refractivity contribution in [3.63, 3.8) is 0 Å². The fourth-order valence-electron chi connectivity index (χ4n) is 1.98. The van der Waals surface area contributed by atoms with Gasteiger partial charge in [0, 0.05) is 10.9 Å². The van der Waals surface area contributed by atoms with Gasteiger partial charge in [-0.25, -0.2) is 0 Å². The van der Waals surface area contributed by atoms with Crippen molar-refractivity contribution in [1.29, 1.82) is 0 Å². The Kier molecular flexibility index (Phi) is 2.49. The third-order valence-electron chi connectivity index (χ3n) is 2.97. The van der Waals surface area contributed by atoms with Crippen molar-refractivity contribution in [3.8, 4) is 11.3 Å². The number of hydrogen-bond acceptors (Lipinski definition) is 6. The number of rotatable bonds is 1. The highest BCUT2D eigenvalue weighted by Crippen LogP contribution is 2.30. The number of nitrogen functional groups attached to an aromatic ring is 2. The molecule has 3 rings (SSSR count). The summed E-state index contributed by atoms with van der Waals surface area (Å²) in [5, 5.41) is 17.1. The molecule has 0 aliphatic heterocycles. The van der Waals surface area contributed by atoms with Gasteiger partial charge in [0.05, 0.1) is 11.6 Å². The summed E-state index contributed by atoms with van der Waals surface area (Å²) in [6.07, 6.45) is 1.60. The second-order valence-electron chi connectivity index (χ2n) is 4.32. The lowest BCUT2D eigenvalue weighted by molar-refractivity contribution is 1.03. The molecule has 0 fully saturated rings. The van der Waals surface area contributed by atoms with E-state index in [1.165, 1.54) is 5.56 Å². The second-order valence-corrected chi connectivity index (χ2v) is 4.32. The Morgan fingerprint density at radius 2 is 1.58 bits per heavy atom. The monoisotopic (exact) mass is 252 g/mol. The molecule has 2 aromatic heterocycles. The zero-order valence-corrected chi connectivity index (χ0v) is 10.3. The molecule has 0 bridgehead atoms. The van der Waals surface area contributed by atoms with E-state index in [0.29, 0.717) is 11.1 Å². The minimum absolute atomic E-state index is 0.262. The van der Waals surface area contributed by atoms with E-state index in [1.807, 2.05) is 31.2 Å². The Bertz CT molecular complexity index is 743. The maximum atomic E-state index is 5.81. The fraction of sp³-hybridized carbons (Fsp3) is 0.0769. The number of benzene rings is 1. The van der Waals surface area contributed by atoms with Crippen molar-refractivity contribution >= 4 is 22.4 Å². The van der Waals surface area contributed by atoms with Crippen molar-refractivity contribution < 1.29 is 0 Å². The normalized spacial score (nSPS) is 10.8. The molecule has 6 heteroatoms. The van der Waals surface area contributed by atoms with Gasteiger partial charge in [-0.1, -0.05) is 29.8 Å². The van der Waals surface area contributed by atoms with E-state index in [4.69, 9.17) is 11.5 Å². The van der Waals surface area contributed by atoms with Crippen LogP contribution in [0.5, 0.6) is 0 Å². The maximum Gasteiger partial charge on any atom is 0.157 e. The highest BCUT2D eigenvalue weighted by Gasteiger charge is 2.12. The third kappa shape index (κ3) is 1.83. The van der Waals surface area contributed by atoms with Gasteiger partial charge in [0.2, 0.25) is 0 Å². The molecular formula is C13H12N6. The van der Waals surface area contributed by atoms with E-state index in [1.54, 1.807) is 6.20 Å². The zero-order chi connectivity index (χ0) is 13.4. The molecule has 3 aromatic rings. The summed E-state index contributed by atoms with van der Waals surface area (Å²) in [7, 11) is 0. The summed E-state index contributed by atoms with van der Waals surface area (Å²) >= 11 is 0. The first-order valence-corrected chi connectivity index (χ1v) is 5.77. The average molecular weight is 252 g/mol. The van der Waals surface area contributed by atoms with Crippen LogP contribution in [0, 0.1) is 6.92 Å². The van der Waals surface area contributed by atoms with Gasteiger partial charge < -0.3 is 11.5 Å². The van der Waals surface area contributed by atoms with Crippen molar-refractivity contribution in [3.05, 3.63) is 36.0 Å². The zero-order valence-electron chi connectivity index (χ0n) is 10.3. The lowest BCUT2D eigenvalue weighted by atomic mass is 10.1. The van der Waals surface area contributed by atoms with E-state index in [-0.39, 0.29) is 11.6 Å². The van der Waals surface area contributed by atoms with E-state index >= 15 is 0 Å². The lowest BCUT2D eigenvalue weighted by Gasteiger charge is -2.07. The Morgan fingerprint density at radius 3 is 2.32 bits per heavy atom. The molecule has 0 saturated heterocycles. The molecule has 2 heterocycles. The first-order chi connectivity index (χ1) is 9.16. The molecule has 0 saturated carbocycles. The molecule has 0 aliphatic carbocycles. The van der Waals surface area contributed by atoms with Gasteiger partial charge in [-0.05, 0) is 6.92 Å². The average Bonchev–Trinajstić information content (AvgIpc) is 2.41. The second kappa shape index (κ2) is 4.16. The van der Waals surface area contributed by atoms with Crippen LogP contribution < -0.4 is 11.5 Å². The molecular weight excluding hydrogens is 240 g/mol. The van der Waals surface area contributed by atoms with Crippen LogP contribution in [-0.4, -0.2) is 20.4 Å². The van der Waals surface area contributed by atoms with E-state index < -0.39 is 0 Å². The highest BCUT2D eigenvalue weighted by molar-refractivity contribution is 6.04. The Labute approximate surface area is 109 Å². The van der Waals surface area contributed by atoms with Crippen molar-refractivity contribution in [2.75, 3.05) is 11.5 Å². The largest absolute Gasteiger partial charge is 0.382 e. The van der Waals surface area contributed by atoms with E-state index in [2.05, 4.69) is 20.4 Å². The van der Waals surface area contributed by atoms with Gasteiger partial charge in [0.25, 0.3) is 0 Å². The van der Waals surface area contributed by atoms with E-state index in [9.17, 15) is 0 Å². The molecule has 94 valence electrons. The summed E-state index contributed by atoms with van der Waals surface area (Å²) in [4.78, 5) is 0. The number of nitrogens with two attached hydrogens (primary N) is 2. The number of fused-ring (bicyclic) bond motifs is 1. The Morgan fingerprint density at radius 1 is 0.895 bits per heavy atom. The fourth-order valence-corrected chi connectivity index (χ4v) is 1.98. The summed E-state index contributed by atoms with van der Waals surface area (Å²) in [5.41, 5.74) is 14.4. The van der Waals surface area contributed by atoms with Gasteiger partial charge >= 0.3 is 0 Å². The lowest BCUT2D eigenvalue weighted by Crippen LogP contribution is -2.03. The van der Waals surface area contributed by atoms with Gasteiger partial charge in [0.1, 0.15) is 5.69 Å². The molecule has 0 unspecified atom stereocenters. The molecule has 19 heavy (non-hydrogen) atoms. The van der Waals surface area contributed by atoms with Crippen LogP contribution >= 0.6 is 0 Å². The summed E-state index contributed by atoms with van der Waals surface area (Å²) < 4.78 is 0. The van der Waals surface area contributed by atoms with Gasteiger partial charge in [-0.15, -0.1) is 15.3 Å². The third-order valence-corrected chi connectivity index (χ3v) is 2.97. The molecule has 0 amide bonds. The molecule has 0 aliphatic rings. The molecule has 0 atom stereocenters. The van der Waals surface area contributed by atoms with Crippen LogP contribution in [0.15, 0.2) is 30.5 Å². The molecule has 0 radical (unpaired) electrons. The topological polar surface area (TPSA) is 104 Å². The Balaban J connectivity index is 2.34. The summed E-state index contributed by atoms with van der Waals surface area (Å²) in [6, 6.07) is 7.98. The number of aryl methyl sites for hydroxylation is 1. The summed E-state index contributed by atoms with van der Waals surface area (Å²) in [5.74, 6) is 0.525. The predicted molar refractivity (Wildman–Crippen MR) is 74.1 cm³/mol. The molecule has 4 N–H and O–H groups in total. The Hall–Kier alpha value is -2.76. The molecule has 6 nitrogen and oxygen atoms in total. The molecule has 0 spiro atoms. The van der Waals surface area contributed by atoms with Crippen molar-refractivity contribution in [2.24, 2.45) is 0 Å². The van der Waals surface area contributed by atoms with Crippen LogP contribution in [0.1, 0.15) is 5.56 Å². The first kappa shape index (κ1) is 11.3. The standard InChI is InChI=1S/C13H12N6/c1-7-2-4-8(5-3-7)11-9-6-16-18-12(14)10(9)13(15)19-17-11/h2-6H,1H3,(H2,14,18)(H2,15,19). The van der Waals surface area contributed by atoms with Crippen LogP contribution in [0.25, 0.3) is 22.0 Å². The van der Waals surface area contributed by atoms with Gasteiger partial charge in [-0.2, -0.15) is 5.10 Å². The van der Waals surface area contributed by atoms with Crippen LogP contribution in [-0.2, 0) is 0 Å². The number of nitrogens with zero attached hydrogens (tertiary/aromatic N) is 4. The van der Waals surface area contributed by atoms with Gasteiger partial charge in [0.15, 0.2) is 11.6 Å².